The van der Waals surface area contributed by atoms with Crippen molar-refractivity contribution in [1.82, 2.24) is 15.3 Å². The molecule has 0 aliphatic carbocycles. The number of likely N-dealkylation sites (N-methyl/N-ethyl adjacent to an activating group) is 1. The van der Waals surface area contributed by atoms with Crippen molar-refractivity contribution in [2.45, 2.75) is 25.8 Å². The molecule has 0 spiro atoms. The maximum atomic E-state index is 8.53. The molecule has 1 unspecified atom stereocenters. The molecule has 0 amide bonds. The summed E-state index contributed by atoms with van der Waals surface area (Å²) in [6.07, 6.45) is 1.54. The Hall–Kier alpha value is -0.850. The van der Waals surface area contributed by atoms with Gasteiger partial charge in [-0.2, -0.15) is 0 Å². The van der Waals surface area contributed by atoms with Crippen LogP contribution in [0.2, 0.25) is 0 Å². The fourth-order valence-electron chi connectivity index (χ4n) is 1.77. The molecule has 0 radical (unpaired) electrons. The number of hydrazine groups is 1. The van der Waals surface area contributed by atoms with Crippen LogP contribution in [0.1, 0.15) is 19.8 Å². The van der Waals surface area contributed by atoms with Crippen molar-refractivity contribution in [3.05, 3.63) is 0 Å². The van der Waals surface area contributed by atoms with Gasteiger partial charge in [0.25, 0.3) is 0 Å². The molecule has 16 heavy (non-hydrogen) atoms. The molecule has 4 N–H and O–H groups in total. The van der Waals surface area contributed by atoms with Crippen molar-refractivity contribution in [2.24, 2.45) is 10.9 Å². The summed E-state index contributed by atoms with van der Waals surface area (Å²) in [5, 5.41) is 13.8. The third-order valence-corrected chi connectivity index (χ3v) is 2.95. The summed E-state index contributed by atoms with van der Waals surface area (Å²) in [4.78, 5) is 2.31. The van der Waals surface area contributed by atoms with Crippen LogP contribution in [0.4, 0.5) is 0 Å². The van der Waals surface area contributed by atoms with E-state index in [-0.39, 0.29) is 11.9 Å². The average molecular weight is 229 g/mol. The van der Waals surface area contributed by atoms with Gasteiger partial charge >= 0.3 is 0 Å². The third-order valence-electron chi connectivity index (χ3n) is 2.95. The maximum absolute atomic E-state index is 8.53. The summed E-state index contributed by atoms with van der Waals surface area (Å²) in [6, 6.07) is 0.249. The number of hydrogen-bond donors (Lipinski definition) is 3. The summed E-state index contributed by atoms with van der Waals surface area (Å²) < 4.78 is 0. The van der Waals surface area contributed by atoms with Gasteiger partial charge < -0.3 is 15.8 Å². The average Bonchev–Trinajstić information content (AvgIpc) is 2.30. The minimum Gasteiger partial charge on any atom is -0.409 e. The maximum Gasteiger partial charge on any atom is 0.140 e. The quantitative estimate of drug-likeness (QED) is 0.260. The fraction of sp³-hybridized carbons (Fsp3) is 0.900. The first-order valence-electron chi connectivity index (χ1n) is 5.81. The number of oxime groups is 1. The number of nitrogens with two attached hydrogens (primary N) is 1. The second kappa shape index (κ2) is 6.67. The van der Waals surface area contributed by atoms with Gasteiger partial charge in [-0.25, -0.2) is 5.01 Å². The van der Waals surface area contributed by atoms with E-state index in [1.165, 1.54) is 0 Å². The largest absolute Gasteiger partial charge is 0.409 e. The highest BCUT2D eigenvalue weighted by molar-refractivity contribution is 5.80. The van der Waals surface area contributed by atoms with Gasteiger partial charge in [-0.1, -0.05) is 12.1 Å². The standard InChI is InChI=1S/C10H23N5O/c1-3-9(8-10(11)13-16)12-15-6-4-14(2)5-7-15/h9,12,16H,3-8H2,1-2H3,(H2,11,13). The number of nitrogens with one attached hydrogen (secondary N) is 1. The Labute approximate surface area is 97.0 Å². The van der Waals surface area contributed by atoms with Crippen molar-refractivity contribution < 1.29 is 5.21 Å². The molecule has 0 bridgehead atoms. The van der Waals surface area contributed by atoms with Crippen LogP contribution >= 0.6 is 0 Å². The van der Waals surface area contributed by atoms with E-state index in [0.29, 0.717) is 6.42 Å². The van der Waals surface area contributed by atoms with Crippen molar-refractivity contribution >= 4 is 5.84 Å². The number of rotatable bonds is 5. The molecule has 1 rings (SSSR count). The second-order valence-corrected chi connectivity index (χ2v) is 4.32. The molecular weight excluding hydrogens is 206 g/mol. The lowest BCUT2D eigenvalue weighted by atomic mass is 10.1. The van der Waals surface area contributed by atoms with Crippen LogP contribution in [0.15, 0.2) is 5.16 Å². The van der Waals surface area contributed by atoms with Crippen molar-refractivity contribution in [3.63, 3.8) is 0 Å². The van der Waals surface area contributed by atoms with Gasteiger partial charge in [0.15, 0.2) is 0 Å². The molecule has 6 nitrogen and oxygen atoms in total. The first kappa shape index (κ1) is 13.2. The van der Waals surface area contributed by atoms with E-state index in [1.54, 1.807) is 0 Å². The minimum atomic E-state index is 0.249. The van der Waals surface area contributed by atoms with E-state index in [9.17, 15) is 0 Å². The van der Waals surface area contributed by atoms with E-state index in [0.717, 1.165) is 32.6 Å². The smallest absolute Gasteiger partial charge is 0.140 e. The first-order chi connectivity index (χ1) is 7.65. The van der Waals surface area contributed by atoms with Gasteiger partial charge in [-0.15, -0.1) is 0 Å². The molecule has 0 saturated carbocycles. The summed E-state index contributed by atoms with van der Waals surface area (Å²) in [6.45, 7) is 6.28. The highest BCUT2D eigenvalue weighted by atomic mass is 16.4. The second-order valence-electron chi connectivity index (χ2n) is 4.32. The SMILES string of the molecule is CCC(CC(N)=NO)NN1CCN(C)CC1. The van der Waals surface area contributed by atoms with E-state index in [2.05, 4.69) is 34.5 Å². The first-order valence-corrected chi connectivity index (χ1v) is 5.81. The van der Waals surface area contributed by atoms with Crippen LogP contribution in [0.5, 0.6) is 0 Å². The minimum absolute atomic E-state index is 0.249. The van der Waals surface area contributed by atoms with Crippen molar-refractivity contribution in [3.8, 4) is 0 Å². The fourth-order valence-corrected chi connectivity index (χ4v) is 1.77. The van der Waals surface area contributed by atoms with Gasteiger partial charge in [0, 0.05) is 38.6 Å². The van der Waals surface area contributed by atoms with Crippen molar-refractivity contribution in [1.29, 1.82) is 0 Å². The zero-order chi connectivity index (χ0) is 12.0. The van der Waals surface area contributed by atoms with Crippen LogP contribution < -0.4 is 11.2 Å². The Balaban J connectivity index is 2.32. The van der Waals surface area contributed by atoms with Gasteiger partial charge in [-0.3, -0.25) is 5.43 Å². The molecule has 0 aromatic heterocycles. The highest BCUT2D eigenvalue weighted by Gasteiger charge is 2.17. The molecule has 1 fully saturated rings. The molecule has 1 atom stereocenters. The molecule has 0 aromatic rings. The third kappa shape index (κ3) is 4.34. The van der Waals surface area contributed by atoms with E-state index >= 15 is 0 Å². The lowest BCUT2D eigenvalue weighted by Crippen LogP contribution is -2.54. The molecule has 0 aromatic carbocycles. The Morgan fingerprint density at radius 1 is 1.44 bits per heavy atom. The zero-order valence-corrected chi connectivity index (χ0v) is 10.2. The van der Waals surface area contributed by atoms with Gasteiger partial charge in [-0.05, 0) is 13.5 Å². The predicted octanol–water partition coefficient (Wildman–Crippen LogP) is -0.346. The van der Waals surface area contributed by atoms with Crippen LogP contribution in [-0.2, 0) is 0 Å². The van der Waals surface area contributed by atoms with Gasteiger partial charge in [0.05, 0.1) is 0 Å². The summed E-state index contributed by atoms with van der Waals surface area (Å²) in [7, 11) is 2.13. The summed E-state index contributed by atoms with van der Waals surface area (Å²) >= 11 is 0. The molecule has 1 saturated heterocycles. The Morgan fingerprint density at radius 2 is 2.06 bits per heavy atom. The Bertz CT molecular complexity index is 225. The number of hydrogen-bond acceptors (Lipinski definition) is 5. The number of nitrogens with zero attached hydrogens (tertiary/aromatic N) is 3. The molecule has 6 heteroatoms. The zero-order valence-electron chi connectivity index (χ0n) is 10.2. The van der Waals surface area contributed by atoms with E-state index in [4.69, 9.17) is 10.9 Å². The molecule has 1 aliphatic heterocycles. The summed E-state index contributed by atoms with van der Waals surface area (Å²) in [5.74, 6) is 0.286. The Kier molecular flexibility index (Phi) is 5.51. The monoisotopic (exact) mass is 229 g/mol. The lowest BCUT2D eigenvalue weighted by molar-refractivity contribution is 0.0868. The number of amidine groups is 1. The normalized spacial score (nSPS) is 22.2. The van der Waals surface area contributed by atoms with Crippen LogP contribution in [-0.4, -0.2) is 60.2 Å². The summed E-state index contributed by atoms with van der Waals surface area (Å²) in [5.41, 5.74) is 8.94. The van der Waals surface area contributed by atoms with Gasteiger partial charge in [0.1, 0.15) is 5.84 Å². The van der Waals surface area contributed by atoms with Crippen LogP contribution in [0.25, 0.3) is 0 Å². The van der Waals surface area contributed by atoms with Gasteiger partial charge in [0.2, 0.25) is 0 Å². The van der Waals surface area contributed by atoms with Crippen LogP contribution in [0, 0.1) is 0 Å². The number of piperazine rings is 1. The molecule has 94 valence electrons. The lowest BCUT2D eigenvalue weighted by Gasteiger charge is -2.35. The molecule has 1 aliphatic rings. The van der Waals surface area contributed by atoms with E-state index < -0.39 is 0 Å². The van der Waals surface area contributed by atoms with Crippen LogP contribution in [0.3, 0.4) is 0 Å². The predicted molar refractivity (Wildman–Crippen MR) is 64.3 cm³/mol. The Morgan fingerprint density at radius 3 is 2.56 bits per heavy atom. The van der Waals surface area contributed by atoms with Crippen molar-refractivity contribution in [2.75, 3.05) is 33.2 Å². The molecular formula is C10H23N5O. The topological polar surface area (TPSA) is 77.1 Å². The highest BCUT2D eigenvalue weighted by Crippen LogP contribution is 2.02. The van der Waals surface area contributed by atoms with E-state index in [1.807, 2.05) is 0 Å². The molecule has 1 heterocycles.